The van der Waals surface area contributed by atoms with E-state index in [0.717, 1.165) is 12.1 Å². The van der Waals surface area contributed by atoms with Gasteiger partial charge in [-0.1, -0.05) is 6.07 Å². The van der Waals surface area contributed by atoms with Gasteiger partial charge in [0.2, 0.25) is 0 Å². The Morgan fingerprint density at radius 2 is 1.30 bits per heavy atom. The minimum Gasteiger partial charge on any atom is -0.379 e. The molecule has 0 aliphatic rings. The first-order chi connectivity index (χ1) is 13.5. The number of aliphatic hydroxyl groups is 1. The lowest BCUT2D eigenvalue weighted by Crippen LogP contribution is -2.24. The number of ketones is 1. The number of aryl methyl sites for hydroxylation is 2. The molecule has 0 aliphatic heterocycles. The normalized spacial score (nSPS) is 12.8. The first kappa shape index (κ1) is 26.5. The van der Waals surface area contributed by atoms with Crippen LogP contribution in [0.1, 0.15) is 33.2 Å². The molecule has 0 bridgehead atoms. The summed E-state index contributed by atoms with van der Waals surface area (Å²) < 4.78 is 98.8. The number of aliphatic hydroxyl groups excluding tert-OH is 1. The number of halogens is 10. The number of Topliss-reactive ketones (excluding diaryl/α,β-unsaturated/α-hetero) is 1. The van der Waals surface area contributed by atoms with E-state index in [-0.39, 0.29) is 8.95 Å². The molecule has 2 aromatic rings. The van der Waals surface area contributed by atoms with Crippen LogP contribution in [-0.4, -0.2) is 23.2 Å². The van der Waals surface area contributed by atoms with E-state index in [9.17, 15) is 39.9 Å². The Labute approximate surface area is 182 Å². The summed E-state index contributed by atoms with van der Waals surface area (Å²) in [6, 6.07) is 4.47. The van der Waals surface area contributed by atoms with E-state index < -0.39 is 47.0 Å². The third-order valence-corrected chi connectivity index (χ3v) is 4.63. The minimum atomic E-state index is -5.06. The highest BCUT2D eigenvalue weighted by molar-refractivity contribution is 9.10. The van der Waals surface area contributed by atoms with Gasteiger partial charge in [-0.25, -0.2) is 8.78 Å². The van der Waals surface area contributed by atoms with E-state index >= 15 is 0 Å². The van der Waals surface area contributed by atoms with Gasteiger partial charge >= 0.3 is 12.4 Å². The van der Waals surface area contributed by atoms with Gasteiger partial charge in [0.1, 0.15) is 11.6 Å². The quantitative estimate of drug-likeness (QED) is 0.307. The summed E-state index contributed by atoms with van der Waals surface area (Å²) in [7, 11) is 0. The van der Waals surface area contributed by atoms with Gasteiger partial charge in [0.05, 0.1) is 14.5 Å². The largest absolute Gasteiger partial charge is 0.454 e. The van der Waals surface area contributed by atoms with Crippen molar-refractivity contribution in [3.8, 4) is 0 Å². The molecule has 0 fully saturated rings. The van der Waals surface area contributed by atoms with Crippen molar-refractivity contribution >= 4 is 37.6 Å². The van der Waals surface area contributed by atoms with Gasteiger partial charge < -0.3 is 5.11 Å². The maximum Gasteiger partial charge on any atom is 0.454 e. The lowest BCUT2D eigenvalue weighted by atomic mass is 10.1. The van der Waals surface area contributed by atoms with Crippen LogP contribution < -0.4 is 0 Å². The molecule has 1 atom stereocenters. The summed E-state index contributed by atoms with van der Waals surface area (Å²) in [6.45, 7) is 2.98. The van der Waals surface area contributed by atoms with Crippen LogP contribution in [0.25, 0.3) is 0 Å². The van der Waals surface area contributed by atoms with Crippen LogP contribution in [0.4, 0.5) is 35.1 Å². The van der Waals surface area contributed by atoms with Crippen LogP contribution >= 0.6 is 31.9 Å². The van der Waals surface area contributed by atoms with Gasteiger partial charge in [0.15, 0.2) is 6.10 Å². The molecule has 0 spiro atoms. The Morgan fingerprint density at radius 3 is 1.73 bits per heavy atom. The van der Waals surface area contributed by atoms with Crippen molar-refractivity contribution in [1.29, 1.82) is 0 Å². The van der Waals surface area contributed by atoms with E-state index in [4.69, 9.17) is 5.11 Å². The molecule has 1 N–H and O–H groups in total. The van der Waals surface area contributed by atoms with Crippen LogP contribution in [0.3, 0.4) is 0 Å². The fourth-order valence-corrected chi connectivity index (χ4v) is 3.33. The number of carbonyl (C=O) groups is 1. The highest BCUT2D eigenvalue weighted by Crippen LogP contribution is 2.36. The van der Waals surface area contributed by atoms with Gasteiger partial charge in [0, 0.05) is 5.56 Å². The first-order valence-electron chi connectivity index (χ1n) is 7.74. The molecule has 12 heteroatoms. The van der Waals surface area contributed by atoms with E-state index in [1.54, 1.807) is 0 Å². The Kier molecular flexibility index (Phi) is 8.60. The summed E-state index contributed by atoms with van der Waals surface area (Å²) in [5.41, 5.74) is -0.929. The molecule has 2 nitrogen and oxygen atoms in total. The smallest absolute Gasteiger partial charge is 0.379 e. The zero-order chi connectivity index (χ0) is 23.6. The molecular weight excluding hydrogens is 560 g/mol. The monoisotopic (exact) mass is 570 g/mol. The summed E-state index contributed by atoms with van der Waals surface area (Å²) in [5.74, 6) is -4.46. The predicted octanol–water partition coefficient (Wildman–Crippen LogP) is 7.13. The van der Waals surface area contributed by atoms with Gasteiger partial charge in [-0.15, -0.1) is 0 Å². The van der Waals surface area contributed by atoms with E-state index in [2.05, 4.69) is 31.9 Å². The molecule has 2 rings (SSSR count). The van der Waals surface area contributed by atoms with Gasteiger partial charge in [-0.2, -0.15) is 26.3 Å². The van der Waals surface area contributed by atoms with Crippen LogP contribution in [0.15, 0.2) is 33.2 Å². The fraction of sp³-hybridized carbons (Fsp3) is 0.278. The van der Waals surface area contributed by atoms with E-state index in [1.165, 1.54) is 26.0 Å². The van der Waals surface area contributed by atoms with Crippen LogP contribution in [0.2, 0.25) is 0 Å². The number of hydrogen-bond donors (Lipinski definition) is 1. The number of alkyl halides is 6. The number of hydrogen-bond acceptors (Lipinski definition) is 2. The molecule has 1 unspecified atom stereocenters. The highest BCUT2D eigenvalue weighted by Gasteiger charge is 2.42. The molecule has 166 valence electrons. The summed E-state index contributed by atoms with van der Waals surface area (Å²) in [6.07, 6.45) is -12.7. The second-order valence-electron chi connectivity index (χ2n) is 6.03. The van der Waals surface area contributed by atoms with Crippen molar-refractivity contribution in [3.05, 3.63) is 67.1 Å². The maximum absolute atomic E-state index is 13.3. The summed E-state index contributed by atoms with van der Waals surface area (Å²) >= 11 is 5.52. The topological polar surface area (TPSA) is 37.3 Å². The van der Waals surface area contributed by atoms with Crippen LogP contribution in [0.5, 0.6) is 0 Å². The third kappa shape index (κ3) is 6.74. The predicted molar refractivity (Wildman–Crippen MR) is 99.1 cm³/mol. The van der Waals surface area contributed by atoms with Crippen LogP contribution in [0, 0.1) is 25.5 Å². The van der Waals surface area contributed by atoms with E-state index in [0.29, 0.717) is 11.1 Å². The molecule has 0 amide bonds. The highest BCUT2D eigenvalue weighted by atomic mass is 79.9. The van der Waals surface area contributed by atoms with Crippen molar-refractivity contribution in [2.75, 3.05) is 0 Å². The molecule has 0 saturated carbocycles. The lowest BCUT2D eigenvalue weighted by Gasteiger charge is -2.16. The molecule has 2 aromatic carbocycles. The Balaban J connectivity index is 0.000000300. The van der Waals surface area contributed by atoms with Crippen molar-refractivity contribution in [1.82, 2.24) is 0 Å². The van der Waals surface area contributed by atoms with Gasteiger partial charge in [-0.05, 0) is 75.0 Å². The third-order valence-electron chi connectivity index (χ3n) is 3.48. The zero-order valence-electron chi connectivity index (χ0n) is 15.0. The summed E-state index contributed by atoms with van der Waals surface area (Å²) in [4.78, 5) is 10.8. The van der Waals surface area contributed by atoms with Crippen LogP contribution in [-0.2, 0) is 0 Å². The van der Waals surface area contributed by atoms with Gasteiger partial charge in [-0.3, -0.25) is 4.79 Å². The Hall–Kier alpha value is -1.53. The fourth-order valence-electron chi connectivity index (χ4n) is 2.17. The lowest BCUT2D eigenvalue weighted by molar-refractivity contribution is -0.207. The Bertz CT molecular complexity index is 939. The molecule has 0 saturated heterocycles. The SMILES string of the molecule is Cc1cc(Br)c(F)c(C(=O)C(F)(F)F)c1.Cc1cc(Br)c(F)c(C(O)C(F)(F)F)c1. The number of carbonyl (C=O) groups excluding carboxylic acids is 1. The molecule has 0 heterocycles. The minimum absolute atomic E-state index is 0.0965. The number of benzene rings is 2. The molecule has 0 aliphatic carbocycles. The maximum atomic E-state index is 13.3. The van der Waals surface area contributed by atoms with Crippen molar-refractivity contribution < 1.29 is 45.0 Å². The number of rotatable bonds is 2. The van der Waals surface area contributed by atoms with E-state index in [1.807, 2.05) is 0 Å². The molecule has 0 radical (unpaired) electrons. The van der Waals surface area contributed by atoms with Gasteiger partial charge in [0.25, 0.3) is 5.78 Å². The summed E-state index contributed by atoms with van der Waals surface area (Å²) in [5, 5.41) is 8.90. The second kappa shape index (κ2) is 9.73. The molecule has 30 heavy (non-hydrogen) atoms. The average molecular weight is 572 g/mol. The van der Waals surface area contributed by atoms with Crippen molar-refractivity contribution in [3.63, 3.8) is 0 Å². The second-order valence-corrected chi connectivity index (χ2v) is 7.74. The standard InChI is InChI=1S/C9H7BrF4O.C9H5BrF4O/c2*1-4-2-5(7(11)6(10)3-4)8(15)9(12,13)14/h2-3,8,15H,1H3;2-3H,1H3. The molecule has 0 aromatic heterocycles. The van der Waals surface area contributed by atoms with Crippen molar-refractivity contribution in [2.24, 2.45) is 0 Å². The molecular formula is C18H12Br2F8O2. The average Bonchev–Trinajstić information content (AvgIpc) is 2.59. The zero-order valence-corrected chi connectivity index (χ0v) is 18.2. The Morgan fingerprint density at radius 1 is 0.867 bits per heavy atom. The first-order valence-corrected chi connectivity index (χ1v) is 9.32. The van der Waals surface area contributed by atoms with Crippen molar-refractivity contribution in [2.45, 2.75) is 32.3 Å².